The molecule has 2 heterocycles. The summed E-state index contributed by atoms with van der Waals surface area (Å²) in [7, 11) is 0. The van der Waals surface area contributed by atoms with E-state index in [2.05, 4.69) is 0 Å². The Labute approximate surface area is 131 Å². The molecule has 2 aromatic rings. The fourth-order valence-electron chi connectivity index (χ4n) is 2.33. The molecule has 110 valence electrons. The van der Waals surface area contributed by atoms with E-state index < -0.39 is 6.10 Å². The van der Waals surface area contributed by atoms with Gasteiger partial charge in [-0.25, -0.2) is 0 Å². The first-order chi connectivity index (χ1) is 10.2. The molecule has 0 radical (unpaired) electrons. The Morgan fingerprint density at radius 2 is 2.10 bits per heavy atom. The third-order valence-electron chi connectivity index (χ3n) is 3.30. The van der Waals surface area contributed by atoms with Crippen LogP contribution in [0.2, 0.25) is 4.34 Å². The lowest BCUT2D eigenvalue weighted by Crippen LogP contribution is -2.45. The van der Waals surface area contributed by atoms with Crippen molar-refractivity contribution in [2.45, 2.75) is 19.1 Å². The van der Waals surface area contributed by atoms with E-state index in [-0.39, 0.29) is 18.9 Å². The fraction of sp³-hybridized carbons (Fsp3) is 0.267. The first-order valence-electron chi connectivity index (χ1n) is 6.61. The monoisotopic (exact) mass is 323 g/mol. The van der Waals surface area contributed by atoms with Crippen LogP contribution >= 0.6 is 22.9 Å². The highest BCUT2D eigenvalue weighted by molar-refractivity contribution is 7.16. The van der Waals surface area contributed by atoms with Crippen molar-refractivity contribution < 1.29 is 14.6 Å². The van der Waals surface area contributed by atoms with Crippen molar-refractivity contribution in [2.24, 2.45) is 0 Å². The number of aliphatic hydroxyl groups is 1. The average molecular weight is 324 g/mol. The van der Waals surface area contributed by atoms with E-state index in [1.54, 1.807) is 4.90 Å². The molecule has 1 N–H and O–H groups in total. The summed E-state index contributed by atoms with van der Waals surface area (Å²) < 4.78 is 6.38. The molecule has 1 unspecified atom stereocenters. The van der Waals surface area contributed by atoms with Crippen LogP contribution in [0.3, 0.4) is 0 Å². The fourth-order valence-corrected chi connectivity index (χ4v) is 3.41. The Morgan fingerprint density at radius 1 is 1.29 bits per heavy atom. The second-order valence-electron chi connectivity index (χ2n) is 4.72. The highest BCUT2D eigenvalue weighted by atomic mass is 35.5. The highest BCUT2D eigenvalue weighted by Crippen LogP contribution is 2.36. The topological polar surface area (TPSA) is 49.8 Å². The van der Waals surface area contributed by atoms with Gasteiger partial charge in [-0.15, -0.1) is 11.3 Å². The van der Waals surface area contributed by atoms with Crippen molar-refractivity contribution >= 4 is 34.5 Å². The van der Waals surface area contributed by atoms with Crippen molar-refractivity contribution in [3.63, 3.8) is 0 Å². The van der Waals surface area contributed by atoms with Crippen LogP contribution in [0.25, 0.3) is 0 Å². The molecule has 21 heavy (non-hydrogen) atoms. The van der Waals surface area contributed by atoms with E-state index in [4.69, 9.17) is 21.4 Å². The molecule has 0 saturated heterocycles. The van der Waals surface area contributed by atoms with Gasteiger partial charge in [0.2, 0.25) is 0 Å². The Kier molecular flexibility index (Phi) is 4.14. The number of anilines is 1. The average Bonchev–Trinajstić information content (AvgIpc) is 2.89. The molecule has 0 bridgehead atoms. The van der Waals surface area contributed by atoms with Gasteiger partial charge in [0.05, 0.1) is 16.6 Å². The number of hydrogen-bond acceptors (Lipinski definition) is 4. The summed E-state index contributed by atoms with van der Waals surface area (Å²) in [6.45, 7) is 0.371. The summed E-state index contributed by atoms with van der Waals surface area (Å²) in [6.07, 6.45) is -0.352. The predicted molar refractivity (Wildman–Crippen MR) is 83.1 cm³/mol. The Hall–Kier alpha value is -1.56. The van der Waals surface area contributed by atoms with Crippen LogP contribution in [-0.2, 0) is 11.3 Å². The molecule has 0 saturated carbocycles. The van der Waals surface area contributed by atoms with Gasteiger partial charge >= 0.3 is 0 Å². The first-order valence-corrected chi connectivity index (χ1v) is 7.80. The number of halogens is 1. The van der Waals surface area contributed by atoms with Crippen molar-refractivity contribution in [1.29, 1.82) is 0 Å². The highest BCUT2D eigenvalue weighted by Gasteiger charge is 2.33. The zero-order valence-corrected chi connectivity index (χ0v) is 12.7. The summed E-state index contributed by atoms with van der Waals surface area (Å²) in [5.74, 6) is 0.533. The zero-order chi connectivity index (χ0) is 14.8. The van der Waals surface area contributed by atoms with Gasteiger partial charge < -0.3 is 14.7 Å². The van der Waals surface area contributed by atoms with E-state index in [1.165, 1.54) is 11.3 Å². The molecule has 0 spiro atoms. The molecule has 6 heteroatoms. The number of carbonyl (C=O) groups excluding carboxylic acids is 1. The summed E-state index contributed by atoms with van der Waals surface area (Å²) in [4.78, 5) is 15.3. The Balaban J connectivity index is 1.93. The standard InChI is InChI=1S/C15H14ClNO3S/c16-14-6-5-10(21-14)9-17-11-3-1-2-4-12(11)20-13(7-8-18)15(17)19/h1-6,13,18H,7-9H2. The lowest BCUT2D eigenvalue weighted by atomic mass is 10.1. The quantitative estimate of drug-likeness (QED) is 0.940. The van der Waals surface area contributed by atoms with Gasteiger partial charge in [-0.05, 0) is 24.3 Å². The number of nitrogens with zero attached hydrogens (tertiary/aromatic N) is 1. The molecular weight excluding hydrogens is 310 g/mol. The maximum atomic E-state index is 12.6. The number of amides is 1. The van der Waals surface area contributed by atoms with Crippen LogP contribution in [0, 0.1) is 0 Å². The van der Waals surface area contributed by atoms with Crippen molar-refractivity contribution in [2.75, 3.05) is 11.5 Å². The van der Waals surface area contributed by atoms with Crippen LogP contribution in [0.4, 0.5) is 5.69 Å². The van der Waals surface area contributed by atoms with Crippen molar-refractivity contribution in [3.05, 3.63) is 45.6 Å². The summed E-state index contributed by atoms with van der Waals surface area (Å²) in [6, 6.07) is 11.2. The van der Waals surface area contributed by atoms with E-state index in [1.807, 2.05) is 36.4 Å². The first kappa shape index (κ1) is 14.4. The molecule has 0 fully saturated rings. The lowest BCUT2D eigenvalue weighted by molar-refractivity contribution is -0.127. The predicted octanol–water partition coefficient (Wildman–Crippen LogP) is 3.08. The number of para-hydroxylation sites is 2. The van der Waals surface area contributed by atoms with Gasteiger partial charge in [-0.2, -0.15) is 0 Å². The third-order valence-corrected chi connectivity index (χ3v) is 4.52. The minimum atomic E-state index is -0.639. The van der Waals surface area contributed by atoms with Crippen LogP contribution in [0.5, 0.6) is 5.75 Å². The number of thiophene rings is 1. The van der Waals surface area contributed by atoms with Crippen LogP contribution in [0.15, 0.2) is 36.4 Å². The maximum absolute atomic E-state index is 12.6. The minimum absolute atomic E-state index is 0.0861. The van der Waals surface area contributed by atoms with E-state index in [9.17, 15) is 4.79 Å². The molecule has 1 aromatic heterocycles. The normalized spacial score (nSPS) is 17.5. The molecule has 1 atom stereocenters. The zero-order valence-electron chi connectivity index (χ0n) is 11.2. The Bertz CT molecular complexity index is 658. The smallest absolute Gasteiger partial charge is 0.268 e. The van der Waals surface area contributed by atoms with E-state index >= 15 is 0 Å². The molecule has 0 aliphatic carbocycles. The number of fused-ring (bicyclic) bond motifs is 1. The number of rotatable bonds is 4. The molecule has 1 aromatic carbocycles. The number of aliphatic hydroxyl groups excluding tert-OH is 1. The third kappa shape index (κ3) is 2.90. The summed E-state index contributed by atoms with van der Waals surface area (Å²) >= 11 is 7.40. The molecule has 1 aliphatic heterocycles. The molecule has 4 nitrogen and oxygen atoms in total. The maximum Gasteiger partial charge on any atom is 0.268 e. The van der Waals surface area contributed by atoms with Crippen LogP contribution < -0.4 is 9.64 Å². The molecule has 1 amide bonds. The number of ether oxygens (including phenoxy) is 1. The van der Waals surface area contributed by atoms with Gasteiger partial charge in [0.15, 0.2) is 6.10 Å². The van der Waals surface area contributed by atoms with Gasteiger partial charge in [0.1, 0.15) is 5.75 Å². The molecule has 3 rings (SSSR count). The van der Waals surface area contributed by atoms with Crippen LogP contribution in [0.1, 0.15) is 11.3 Å². The minimum Gasteiger partial charge on any atom is -0.478 e. The van der Waals surface area contributed by atoms with Crippen molar-refractivity contribution in [3.8, 4) is 5.75 Å². The van der Waals surface area contributed by atoms with Gasteiger partial charge in [0, 0.05) is 17.9 Å². The summed E-state index contributed by atoms with van der Waals surface area (Å²) in [5, 5.41) is 9.10. The van der Waals surface area contributed by atoms with Crippen molar-refractivity contribution in [1.82, 2.24) is 0 Å². The van der Waals surface area contributed by atoms with Crippen LogP contribution in [-0.4, -0.2) is 23.7 Å². The molecule has 1 aliphatic rings. The second kappa shape index (κ2) is 6.05. The summed E-state index contributed by atoms with van der Waals surface area (Å²) in [5.41, 5.74) is 0.751. The number of carbonyl (C=O) groups is 1. The lowest BCUT2D eigenvalue weighted by Gasteiger charge is -2.34. The SMILES string of the molecule is O=C1C(CCO)Oc2ccccc2N1Cc1ccc(Cl)s1. The van der Waals surface area contributed by atoms with Gasteiger partial charge in [-0.3, -0.25) is 4.79 Å². The Morgan fingerprint density at radius 3 is 2.81 bits per heavy atom. The number of benzene rings is 1. The van der Waals surface area contributed by atoms with Gasteiger partial charge in [-0.1, -0.05) is 23.7 Å². The largest absolute Gasteiger partial charge is 0.478 e. The van der Waals surface area contributed by atoms with E-state index in [0.29, 0.717) is 16.6 Å². The molecular formula is C15H14ClNO3S. The van der Waals surface area contributed by atoms with E-state index in [0.717, 1.165) is 10.6 Å². The second-order valence-corrected chi connectivity index (χ2v) is 6.52. The number of hydrogen-bond donors (Lipinski definition) is 1. The van der Waals surface area contributed by atoms with Gasteiger partial charge in [0.25, 0.3) is 5.91 Å².